The van der Waals surface area contributed by atoms with Crippen LogP contribution >= 0.6 is 11.8 Å². The van der Waals surface area contributed by atoms with E-state index in [4.69, 9.17) is 0 Å². The molecular weight excluding hydrogens is 260 g/mol. The minimum atomic E-state index is -0.658. The van der Waals surface area contributed by atoms with Crippen LogP contribution in [0, 0.1) is 6.92 Å². The molecule has 0 amide bonds. The van der Waals surface area contributed by atoms with Gasteiger partial charge in [-0.15, -0.1) is 5.10 Å². The topological polar surface area (TPSA) is 63.8 Å². The van der Waals surface area contributed by atoms with Crippen molar-refractivity contribution in [3.05, 3.63) is 29.8 Å². The SMILES string of the molecule is Cc1cccc(-n2nnnc2SCCC(C)(C)O)c1. The monoisotopic (exact) mass is 278 g/mol. The number of benzene rings is 1. The summed E-state index contributed by atoms with van der Waals surface area (Å²) in [6.07, 6.45) is 0.693. The maximum absolute atomic E-state index is 9.70. The second kappa shape index (κ2) is 5.71. The Morgan fingerprint density at radius 3 is 2.84 bits per heavy atom. The smallest absolute Gasteiger partial charge is 0.214 e. The van der Waals surface area contributed by atoms with Crippen molar-refractivity contribution in [2.24, 2.45) is 0 Å². The number of aryl methyl sites for hydroxylation is 1. The molecule has 19 heavy (non-hydrogen) atoms. The van der Waals surface area contributed by atoms with Gasteiger partial charge in [0.1, 0.15) is 0 Å². The Morgan fingerprint density at radius 1 is 1.37 bits per heavy atom. The van der Waals surface area contributed by atoms with Crippen LogP contribution in [0.5, 0.6) is 0 Å². The van der Waals surface area contributed by atoms with E-state index in [2.05, 4.69) is 15.5 Å². The summed E-state index contributed by atoms with van der Waals surface area (Å²) in [4.78, 5) is 0. The van der Waals surface area contributed by atoms with Crippen LogP contribution in [0.15, 0.2) is 29.4 Å². The van der Waals surface area contributed by atoms with Gasteiger partial charge in [-0.25, -0.2) is 0 Å². The van der Waals surface area contributed by atoms with E-state index >= 15 is 0 Å². The fourth-order valence-corrected chi connectivity index (χ4v) is 2.73. The van der Waals surface area contributed by atoms with E-state index in [1.54, 1.807) is 30.3 Å². The second-order valence-corrected chi connectivity index (χ2v) is 6.19. The zero-order valence-corrected chi connectivity index (χ0v) is 12.2. The highest BCUT2D eigenvalue weighted by atomic mass is 32.2. The van der Waals surface area contributed by atoms with Gasteiger partial charge in [-0.05, 0) is 55.3 Å². The fourth-order valence-electron chi connectivity index (χ4n) is 1.58. The molecule has 0 aliphatic carbocycles. The van der Waals surface area contributed by atoms with Crippen LogP contribution in [0.4, 0.5) is 0 Å². The molecule has 0 saturated heterocycles. The van der Waals surface area contributed by atoms with Gasteiger partial charge in [0.15, 0.2) is 0 Å². The molecule has 102 valence electrons. The van der Waals surface area contributed by atoms with Gasteiger partial charge in [0.05, 0.1) is 11.3 Å². The summed E-state index contributed by atoms with van der Waals surface area (Å²) >= 11 is 1.55. The Morgan fingerprint density at radius 2 is 2.16 bits per heavy atom. The van der Waals surface area contributed by atoms with Crippen molar-refractivity contribution in [1.29, 1.82) is 0 Å². The summed E-state index contributed by atoms with van der Waals surface area (Å²) < 4.78 is 1.72. The minimum absolute atomic E-state index is 0.658. The van der Waals surface area contributed by atoms with Crippen molar-refractivity contribution in [1.82, 2.24) is 20.2 Å². The number of nitrogens with zero attached hydrogens (tertiary/aromatic N) is 4. The van der Waals surface area contributed by atoms with Gasteiger partial charge in [-0.3, -0.25) is 0 Å². The number of rotatable bonds is 5. The molecule has 6 heteroatoms. The molecule has 0 fully saturated rings. The number of aromatic nitrogens is 4. The largest absolute Gasteiger partial charge is 0.390 e. The lowest BCUT2D eigenvalue weighted by Gasteiger charge is -2.15. The Bertz CT molecular complexity index is 548. The third-order valence-electron chi connectivity index (χ3n) is 2.63. The van der Waals surface area contributed by atoms with Crippen LogP contribution in [0.3, 0.4) is 0 Å². The van der Waals surface area contributed by atoms with E-state index in [1.807, 2.05) is 31.2 Å². The molecule has 0 atom stereocenters. The lowest BCUT2D eigenvalue weighted by Crippen LogP contribution is -2.19. The van der Waals surface area contributed by atoms with E-state index in [-0.39, 0.29) is 0 Å². The first-order chi connectivity index (χ1) is 8.96. The van der Waals surface area contributed by atoms with Crippen molar-refractivity contribution >= 4 is 11.8 Å². The van der Waals surface area contributed by atoms with Crippen molar-refractivity contribution in [2.75, 3.05) is 5.75 Å². The lowest BCUT2D eigenvalue weighted by atomic mass is 10.1. The summed E-state index contributed by atoms with van der Waals surface area (Å²) in [5, 5.41) is 22.2. The molecule has 0 saturated carbocycles. The molecule has 2 rings (SSSR count). The van der Waals surface area contributed by atoms with Gasteiger partial charge in [-0.2, -0.15) is 4.68 Å². The first-order valence-corrected chi connectivity index (χ1v) is 7.15. The summed E-state index contributed by atoms with van der Waals surface area (Å²) in [5.74, 6) is 0.774. The van der Waals surface area contributed by atoms with E-state index in [0.717, 1.165) is 16.6 Å². The molecule has 1 aromatic heterocycles. The predicted molar refractivity (Wildman–Crippen MR) is 75.5 cm³/mol. The van der Waals surface area contributed by atoms with E-state index < -0.39 is 5.60 Å². The number of tetrazole rings is 1. The first-order valence-electron chi connectivity index (χ1n) is 6.16. The van der Waals surface area contributed by atoms with Crippen molar-refractivity contribution < 1.29 is 5.11 Å². The van der Waals surface area contributed by atoms with Gasteiger partial charge >= 0.3 is 0 Å². The summed E-state index contributed by atoms with van der Waals surface area (Å²) in [5.41, 5.74) is 1.46. The standard InChI is InChI=1S/C13H18N4OS/c1-10-5-4-6-11(9-10)17-12(14-15-16-17)19-8-7-13(2,3)18/h4-6,9,18H,7-8H2,1-3H3. The summed E-state index contributed by atoms with van der Waals surface area (Å²) in [6, 6.07) is 8.03. The van der Waals surface area contributed by atoms with Crippen molar-refractivity contribution in [3.8, 4) is 5.69 Å². The van der Waals surface area contributed by atoms with Crippen LogP contribution in [0.2, 0.25) is 0 Å². The quantitative estimate of drug-likeness (QED) is 0.850. The third kappa shape index (κ3) is 4.04. The molecule has 0 bridgehead atoms. The van der Waals surface area contributed by atoms with Crippen molar-refractivity contribution in [2.45, 2.75) is 37.9 Å². The molecule has 5 nitrogen and oxygen atoms in total. The van der Waals surface area contributed by atoms with Gasteiger partial charge in [0.2, 0.25) is 5.16 Å². The summed E-state index contributed by atoms with van der Waals surface area (Å²) in [7, 11) is 0. The Hall–Kier alpha value is -1.40. The second-order valence-electron chi connectivity index (χ2n) is 5.12. The minimum Gasteiger partial charge on any atom is -0.390 e. The number of aliphatic hydroxyl groups is 1. The number of thioether (sulfide) groups is 1. The van der Waals surface area contributed by atoms with Gasteiger partial charge in [-0.1, -0.05) is 23.9 Å². The van der Waals surface area contributed by atoms with Crippen molar-refractivity contribution in [3.63, 3.8) is 0 Å². The number of hydrogen-bond acceptors (Lipinski definition) is 5. The van der Waals surface area contributed by atoms with Crippen LogP contribution in [-0.4, -0.2) is 36.7 Å². The Balaban J connectivity index is 2.10. The molecule has 0 unspecified atom stereocenters. The zero-order chi connectivity index (χ0) is 13.9. The average Bonchev–Trinajstić information content (AvgIpc) is 2.75. The third-order valence-corrected chi connectivity index (χ3v) is 3.55. The number of hydrogen-bond donors (Lipinski definition) is 1. The van der Waals surface area contributed by atoms with E-state index in [0.29, 0.717) is 6.42 Å². The average molecular weight is 278 g/mol. The zero-order valence-electron chi connectivity index (χ0n) is 11.4. The highest BCUT2D eigenvalue weighted by Gasteiger charge is 2.14. The maximum atomic E-state index is 9.70. The molecule has 0 spiro atoms. The predicted octanol–water partition coefficient (Wildman–Crippen LogP) is 2.22. The fraction of sp³-hybridized carbons (Fsp3) is 0.462. The summed E-state index contributed by atoms with van der Waals surface area (Å²) in [6.45, 7) is 5.64. The van der Waals surface area contributed by atoms with Crippen LogP contribution in [0.1, 0.15) is 25.8 Å². The molecule has 0 aliphatic heterocycles. The highest BCUT2D eigenvalue weighted by molar-refractivity contribution is 7.99. The molecular formula is C13H18N4OS. The molecule has 0 aliphatic rings. The van der Waals surface area contributed by atoms with Crippen LogP contribution < -0.4 is 0 Å². The normalized spacial score (nSPS) is 11.8. The van der Waals surface area contributed by atoms with Gasteiger partial charge < -0.3 is 5.11 Å². The highest BCUT2D eigenvalue weighted by Crippen LogP contribution is 2.21. The molecule has 0 radical (unpaired) electrons. The molecule has 1 N–H and O–H groups in total. The van der Waals surface area contributed by atoms with Gasteiger partial charge in [0.25, 0.3) is 0 Å². The Labute approximate surface area is 117 Å². The maximum Gasteiger partial charge on any atom is 0.214 e. The van der Waals surface area contributed by atoms with E-state index in [1.165, 1.54) is 5.56 Å². The lowest BCUT2D eigenvalue weighted by molar-refractivity contribution is 0.0777. The van der Waals surface area contributed by atoms with Crippen LogP contribution in [0.25, 0.3) is 5.69 Å². The molecule has 2 aromatic rings. The molecule has 1 aromatic carbocycles. The van der Waals surface area contributed by atoms with Gasteiger partial charge in [0, 0.05) is 5.75 Å². The Kier molecular flexibility index (Phi) is 4.21. The van der Waals surface area contributed by atoms with E-state index in [9.17, 15) is 5.11 Å². The first kappa shape index (κ1) is 14.0. The van der Waals surface area contributed by atoms with Crippen LogP contribution in [-0.2, 0) is 0 Å². The molecule has 1 heterocycles.